The molecular formula is C16H16F4N6O2. The van der Waals surface area contributed by atoms with Crippen LogP contribution in [0.4, 0.5) is 23.5 Å². The molecule has 0 saturated carbocycles. The Labute approximate surface area is 155 Å². The molecule has 0 spiro atoms. The Kier molecular flexibility index (Phi) is 4.79. The van der Waals surface area contributed by atoms with E-state index in [1.54, 1.807) is 6.07 Å². The van der Waals surface area contributed by atoms with Crippen molar-refractivity contribution in [2.75, 3.05) is 25.1 Å². The number of nitrogens with one attached hydrogen (secondary N) is 2. The highest BCUT2D eigenvalue weighted by atomic mass is 19.4. The number of ether oxygens (including phenoxy) is 2. The molecule has 0 aliphatic carbocycles. The molecule has 2 N–H and O–H groups in total. The van der Waals surface area contributed by atoms with Gasteiger partial charge in [0.05, 0.1) is 18.8 Å². The number of hydrogen-bond donors (Lipinski definition) is 2. The zero-order valence-electron chi connectivity index (χ0n) is 14.4. The second-order valence-electron chi connectivity index (χ2n) is 6.28. The molecule has 2 atom stereocenters. The number of halogens is 4. The summed E-state index contributed by atoms with van der Waals surface area (Å²) in [4.78, 5) is 4.22. The Hall–Kier alpha value is -2.89. The lowest BCUT2D eigenvalue weighted by Crippen LogP contribution is -2.39. The SMILES string of the molecule is F[C@@H]1COCC[C@@H]1Nc1nc2c(OCC(F)(F)F)c(-c3cn[nH]c3)ccn2n1. The molecule has 8 nitrogen and oxygen atoms in total. The number of aromatic amines is 1. The van der Waals surface area contributed by atoms with Gasteiger partial charge in [0.25, 0.3) is 0 Å². The van der Waals surface area contributed by atoms with Crippen LogP contribution in [0.25, 0.3) is 16.8 Å². The molecule has 0 unspecified atom stereocenters. The monoisotopic (exact) mass is 400 g/mol. The van der Waals surface area contributed by atoms with Crippen LogP contribution in [0.1, 0.15) is 6.42 Å². The zero-order chi connectivity index (χ0) is 19.7. The Bertz CT molecular complexity index is 943. The summed E-state index contributed by atoms with van der Waals surface area (Å²) in [6.07, 6.45) is -0.815. The van der Waals surface area contributed by atoms with Crippen molar-refractivity contribution >= 4 is 11.6 Å². The molecule has 150 valence electrons. The first-order chi connectivity index (χ1) is 13.4. The summed E-state index contributed by atoms with van der Waals surface area (Å²) in [5.74, 6) is 0.00121. The van der Waals surface area contributed by atoms with Crippen LogP contribution in [0.15, 0.2) is 24.7 Å². The van der Waals surface area contributed by atoms with Gasteiger partial charge in [-0.15, -0.1) is 5.10 Å². The van der Waals surface area contributed by atoms with Crippen LogP contribution in [0, 0.1) is 0 Å². The molecule has 1 saturated heterocycles. The molecule has 4 rings (SSSR count). The number of hydrogen-bond acceptors (Lipinski definition) is 6. The van der Waals surface area contributed by atoms with Crippen LogP contribution in [-0.2, 0) is 4.74 Å². The van der Waals surface area contributed by atoms with Crippen LogP contribution in [0.2, 0.25) is 0 Å². The second kappa shape index (κ2) is 7.26. The number of nitrogens with zero attached hydrogens (tertiary/aromatic N) is 4. The van der Waals surface area contributed by atoms with Crippen molar-refractivity contribution < 1.29 is 27.0 Å². The lowest BCUT2D eigenvalue weighted by molar-refractivity contribution is -0.153. The van der Waals surface area contributed by atoms with Crippen LogP contribution in [-0.4, -0.2) is 63.0 Å². The number of fused-ring (bicyclic) bond motifs is 1. The van der Waals surface area contributed by atoms with Gasteiger partial charge in [-0.1, -0.05) is 0 Å². The van der Waals surface area contributed by atoms with Gasteiger partial charge in [0.2, 0.25) is 5.95 Å². The van der Waals surface area contributed by atoms with Crippen molar-refractivity contribution in [3.8, 4) is 16.9 Å². The minimum Gasteiger partial charge on any atom is -0.479 e. The maximum absolute atomic E-state index is 14.0. The van der Waals surface area contributed by atoms with Crippen molar-refractivity contribution in [2.24, 2.45) is 0 Å². The Morgan fingerprint density at radius 1 is 1.39 bits per heavy atom. The van der Waals surface area contributed by atoms with Gasteiger partial charge in [-0.25, -0.2) is 8.91 Å². The van der Waals surface area contributed by atoms with E-state index in [2.05, 4.69) is 25.6 Å². The number of alkyl halides is 4. The number of H-pyrrole nitrogens is 1. The molecular weight excluding hydrogens is 384 g/mol. The van der Waals surface area contributed by atoms with E-state index in [1.165, 1.54) is 23.1 Å². The third kappa shape index (κ3) is 3.86. The minimum absolute atomic E-state index is 0.0321. The molecule has 28 heavy (non-hydrogen) atoms. The Morgan fingerprint density at radius 2 is 2.25 bits per heavy atom. The van der Waals surface area contributed by atoms with Crippen molar-refractivity contribution in [2.45, 2.75) is 24.8 Å². The van der Waals surface area contributed by atoms with Gasteiger partial charge in [-0.05, 0) is 12.5 Å². The van der Waals surface area contributed by atoms with E-state index in [0.29, 0.717) is 24.2 Å². The van der Waals surface area contributed by atoms with Gasteiger partial charge < -0.3 is 14.8 Å². The van der Waals surface area contributed by atoms with Crippen LogP contribution >= 0.6 is 0 Å². The first kappa shape index (κ1) is 18.5. The maximum Gasteiger partial charge on any atom is 0.422 e. The average molecular weight is 400 g/mol. The van der Waals surface area contributed by atoms with E-state index < -0.39 is 25.0 Å². The van der Waals surface area contributed by atoms with Gasteiger partial charge in [0, 0.05) is 30.1 Å². The molecule has 1 fully saturated rings. The fraction of sp³-hybridized carbons (Fsp3) is 0.438. The highest BCUT2D eigenvalue weighted by Crippen LogP contribution is 2.34. The van der Waals surface area contributed by atoms with E-state index in [4.69, 9.17) is 9.47 Å². The predicted molar refractivity (Wildman–Crippen MR) is 89.9 cm³/mol. The van der Waals surface area contributed by atoms with Crippen LogP contribution in [0.5, 0.6) is 5.75 Å². The summed E-state index contributed by atoms with van der Waals surface area (Å²) in [5, 5.41) is 13.5. The van der Waals surface area contributed by atoms with E-state index in [1.807, 2.05) is 0 Å². The molecule has 0 amide bonds. The quantitative estimate of drug-likeness (QED) is 0.640. The van der Waals surface area contributed by atoms with Gasteiger partial charge in [-0.2, -0.15) is 23.3 Å². The van der Waals surface area contributed by atoms with Crippen LogP contribution < -0.4 is 10.1 Å². The highest BCUT2D eigenvalue weighted by Gasteiger charge is 2.30. The fourth-order valence-corrected chi connectivity index (χ4v) is 2.94. The fourth-order valence-electron chi connectivity index (χ4n) is 2.94. The van der Waals surface area contributed by atoms with Gasteiger partial charge in [0.15, 0.2) is 18.0 Å². The molecule has 3 aromatic heterocycles. The van der Waals surface area contributed by atoms with E-state index in [-0.39, 0.29) is 24.0 Å². The summed E-state index contributed by atoms with van der Waals surface area (Å²) < 4.78 is 63.5. The van der Waals surface area contributed by atoms with E-state index in [9.17, 15) is 17.6 Å². The largest absolute Gasteiger partial charge is 0.479 e. The first-order valence-corrected chi connectivity index (χ1v) is 8.47. The van der Waals surface area contributed by atoms with E-state index in [0.717, 1.165) is 0 Å². The molecule has 12 heteroatoms. The van der Waals surface area contributed by atoms with Gasteiger partial charge in [0.1, 0.15) is 6.17 Å². The Balaban J connectivity index is 1.70. The van der Waals surface area contributed by atoms with Gasteiger partial charge >= 0.3 is 6.18 Å². The lowest BCUT2D eigenvalue weighted by Gasteiger charge is -2.26. The van der Waals surface area contributed by atoms with Gasteiger partial charge in [-0.3, -0.25) is 5.10 Å². The van der Waals surface area contributed by atoms with Crippen LogP contribution in [0.3, 0.4) is 0 Å². The van der Waals surface area contributed by atoms with E-state index >= 15 is 0 Å². The topological polar surface area (TPSA) is 89.4 Å². The molecule has 3 aromatic rings. The number of rotatable bonds is 5. The number of aromatic nitrogens is 5. The highest BCUT2D eigenvalue weighted by molar-refractivity contribution is 5.77. The molecule has 1 aliphatic heterocycles. The standard InChI is InChI=1S/C16H16F4N6O2/c17-11-7-27-4-2-12(11)23-15-24-14-13(28-8-16(18,19)20)10(1-3-26(14)25-15)9-5-21-22-6-9/h1,3,5-6,11-12H,2,4,7-8H2,(H,21,22)(H,23,25)/t11-,12+/m1/s1. The summed E-state index contributed by atoms with van der Waals surface area (Å²) in [6.45, 7) is -1.12. The summed E-state index contributed by atoms with van der Waals surface area (Å²) in [5.41, 5.74) is 0.984. The summed E-state index contributed by atoms with van der Waals surface area (Å²) in [7, 11) is 0. The second-order valence-corrected chi connectivity index (χ2v) is 6.28. The number of pyridine rings is 1. The third-order valence-electron chi connectivity index (χ3n) is 4.25. The van der Waals surface area contributed by atoms with Crippen molar-refractivity contribution in [3.63, 3.8) is 0 Å². The van der Waals surface area contributed by atoms with Crippen molar-refractivity contribution in [1.29, 1.82) is 0 Å². The van der Waals surface area contributed by atoms with Crippen molar-refractivity contribution in [3.05, 3.63) is 24.7 Å². The molecule has 4 heterocycles. The smallest absolute Gasteiger partial charge is 0.422 e. The third-order valence-corrected chi connectivity index (χ3v) is 4.25. The molecule has 0 radical (unpaired) electrons. The minimum atomic E-state index is -4.52. The van der Waals surface area contributed by atoms with Crippen molar-refractivity contribution in [1.82, 2.24) is 24.8 Å². The maximum atomic E-state index is 14.0. The zero-order valence-corrected chi connectivity index (χ0v) is 14.4. The lowest BCUT2D eigenvalue weighted by atomic mass is 10.1. The first-order valence-electron chi connectivity index (χ1n) is 8.47. The average Bonchev–Trinajstić information content (AvgIpc) is 3.30. The predicted octanol–water partition coefficient (Wildman–Crippen LogP) is 2.60. The Morgan fingerprint density at radius 3 is 2.96 bits per heavy atom. The normalized spacial score (nSPS) is 20.4. The molecule has 0 aromatic carbocycles. The summed E-state index contributed by atoms with van der Waals surface area (Å²) >= 11 is 0. The number of anilines is 1. The molecule has 1 aliphatic rings. The summed E-state index contributed by atoms with van der Waals surface area (Å²) in [6, 6.07) is 1.01. The molecule has 0 bridgehead atoms.